The highest BCUT2D eigenvalue weighted by Gasteiger charge is 2.33. The molecule has 0 atom stereocenters. The van der Waals surface area contributed by atoms with Crippen LogP contribution in [0.3, 0.4) is 0 Å². The molecule has 10 aromatic rings. The first-order chi connectivity index (χ1) is 38.1. The zero-order valence-electron chi connectivity index (χ0n) is 39.8. The molecule has 0 spiro atoms. The Morgan fingerprint density at radius 3 is 0.762 bits per heavy atom. The van der Waals surface area contributed by atoms with Gasteiger partial charge in [0, 0.05) is 44.8 Å². The molecule has 0 aliphatic heterocycles. The Morgan fingerprint density at radius 1 is 0.300 bits per heavy atom. The van der Waals surface area contributed by atoms with Gasteiger partial charge in [0.15, 0.2) is 31.4 Å². The molecular weight excluding hydrogens is 1120 g/mol. The Labute approximate surface area is 450 Å². The maximum absolute atomic E-state index is 14.7. The van der Waals surface area contributed by atoms with Gasteiger partial charge in [-0.1, -0.05) is 97.1 Å². The third kappa shape index (κ3) is 9.15. The van der Waals surface area contributed by atoms with Crippen LogP contribution in [0.2, 0.25) is 0 Å². The van der Waals surface area contributed by atoms with E-state index in [2.05, 4.69) is 19.9 Å². The fraction of sp³-hybridized carbons (Fsp3) is 0. The SMILES string of the molecule is N#[N+]c1cc(S(=O)(=O)Oc2ccc(-c3ccc(OS(=O)(=O)c4cc([N+]#N)c([O-])c5ccccc45)cc3OS(=O)(=O)c3cc([N+]#N)c([O-])c4ccccc34)c(OS(=O)(=O)c3cc([N+]#N)c([O-])c4ccccc34)c2)c2ccccc2c1[O-]. The number of nitrogens with zero attached hydrogens (tertiary/aromatic N) is 8. The van der Waals surface area contributed by atoms with Crippen LogP contribution in [0.5, 0.6) is 46.0 Å². The molecular formula is C52H26N8O16S4. The van der Waals surface area contributed by atoms with Crippen LogP contribution in [0.15, 0.2) is 177 Å². The molecule has 0 saturated heterocycles. The van der Waals surface area contributed by atoms with Crippen LogP contribution in [0.4, 0.5) is 22.7 Å². The van der Waals surface area contributed by atoms with E-state index in [1.54, 1.807) is 0 Å². The summed E-state index contributed by atoms with van der Waals surface area (Å²) in [7, 11) is -21.0. The molecule has 0 heterocycles. The minimum atomic E-state index is -5.36. The molecule has 0 amide bonds. The van der Waals surface area contributed by atoms with Gasteiger partial charge >= 0.3 is 63.2 Å². The minimum absolute atomic E-state index is 0.191. The van der Waals surface area contributed by atoms with Crippen LogP contribution < -0.4 is 37.2 Å². The fourth-order valence-electron chi connectivity index (χ4n) is 8.69. The van der Waals surface area contributed by atoms with Gasteiger partial charge in [0.1, 0.15) is 31.1 Å². The van der Waals surface area contributed by atoms with E-state index < -0.39 is 140 Å². The lowest BCUT2D eigenvalue weighted by Gasteiger charge is -2.19. The fourth-order valence-corrected chi connectivity index (χ4v) is 13.3. The second-order valence-corrected chi connectivity index (χ2v) is 23.0. The van der Waals surface area contributed by atoms with Crippen molar-refractivity contribution in [1.82, 2.24) is 0 Å². The standard InChI is InChI=1S/C52H26N8O16S4/c53-57-39-23-45(31-9-1-5-13-35(31)49(39)61)77(65,66)73-27-17-19-29(43(21-27)75-79(69,70)47-25-41(59-55)51(63)37-15-7-3-11-33(37)47)30-20-18-28(74-78(67,68)46-24-40(58-54)50(62)36-14-6-2-10-32(36)46)22-44(30)76-80(71,72)48-26-42(60-56)52(64)38-16-8-4-12-34(38)48/h1-26H. The molecule has 0 aliphatic carbocycles. The smallest absolute Gasteiger partial charge is 0.379 e. The number of hydrogen-bond acceptors (Lipinski definition) is 20. The summed E-state index contributed by atoms with van der Waals surface area (Å²) in [5, 5.41) is 89.3. The summed E-state index contributed by atoms with van der Waals surface area (Å²) in [6, 6.07) is 28.9. The van der Waals surface area contributed by atoms with Crippen LogP contribution in [0.25, 0.3) is 74.1 Å². The van der Waals surface area contributed by atoms with Crippen molar-refractivity contribution in [3.05, 3.63) is 178 Å². The number of diazo groups is 4. The maximum atomic E-state index is 14.7. The second-order valence-electron chi connectivity index (χ2n) is 16.9. The van der Waals surface area contributed by atoms with E-state index in [1.165, 1.54) is 97.1 Å². The number of rotatable bonds is 13. The van der Waals surface area contributed by atoms with Gasteiger partial charge in [-0.15, -0.1) is 0 Å². The molecule has 10 aromatic carbocycles. The first kappa shape index (κ1) is 52.6. The molecule has 28 heteroatoms. The first-order valence-corrected chi connectivity index (χ1v) is 28.1. The van der Waals surface area contributed by atoms with Crippen molar-refractivity contribution >= 4 is 106 Å². The van der Waals surface area contributed by atoms with E-state index in [9.17, 15) is 75.7 Å². The van der Waals surface area contributed by atoms with Crippen molar-refractivity contribution in [2.24, 2.45) is 0 Å². The summed E-state index contributed by atoms with van der Waals surface area (Å²) < 4.78 is 138. The largest absolute Gasteiger partial charge is 0.867 e. The Kier molecular flexibility index (Phi) is 12.9. The van der Waals surface area contributed by atoms with Crippen molar-refractivity contribution in [3.63, 3.8) is 0 Å². The highest BCUT2D eigenvalue weighted by molar-refractivity contribution is 7.88. The molecule has 80 heavy (non-hydrogen) atoms. The number of hydrogen-bond donors (Lipinski definition) is 0. The summed E-state index contributed by atoms with van der Waals surface area (Å²) in [6.07, 6.45) is 0. The minimum Gasteiger partial charge on any atom is -0.867 e. The Balaban J connectivity index is 1.19. The molecule has 0 saturated carbocycles. The Morgan fingerprint density at radius 2 is 0.525 bits per heavy atom. The average molecular weight is 1150 g/mol. The highest BCUT2D eigenvalue weighted by Crippen LogP contribution is 2.47. The molecule has 394 valence electrons. The predicted molar refractivity (Wildman–Crippen MR) is 276 cm³/mol. The first-order valence-electron chi connectivity index (χ1n) is 22.5. The molecule has 0 aliphatic rings. The highest BCUT2D eigenvalue weighted by atomic mass is 32.2. The van der Waals surface area contributed by atoms with Crippen molar-refractivity contribution in [3.8, 4) is 57.1 Å². The van der Waals surface area contributed by atoms with E-state index in [0.717, 1.165) is 24.3 Å². The Hall–Kier alpha value is -10.9. The van der Waals surface area contributed by atoms with Crippen LogP contribution in [0.1, 0.15) is 0 Å². The lowest BCUT2D eigenvalue weighted by molar-refractivity contribution is -0.265. The van der Waals surface area contributed by atoms with Crippen LogP contribution in [-0.2, 0) is 40.5 Å². The molecule has 0 unspecified atom stereocenters. The molecule has 10 rings (SSSR count). The molecule has 0 N–H and O–H groups in total. The lowest BCUT2D eigenvalue weighted by atomic mass is 10.0. The van der Waals surface area contributed by atoms with Crippen LogP contribution >= 0.6 is 0 Å². The summed E-state index contributed by atoms with van der Waals surface area (Å²) >= 11 is 0. The third-order valence-electron chi connectivity index (χ3n) is 12.3. The third-order valence-corrected chi connectivity index (χ3v) is 17.4. The van der Waals surface area contributed by atoms with Gasteiger partial charge in [-0.25, -0.2) is 0 Å². The topological polar surface area (TPSA) is 378 Å². The van der Waals surface area contributed by atoms with Crippen LogP contribution in [0, 0.1) is 21.6 Å². The van der Waals surface area contributed by atoms with E-state index in [0.29, 0.717) is 36.4 Å². The Bertz CT molecular complexity index is 4720. The van der Waals surface area contributed by atoms with Crippen molar-refractivity contribution in [2.45, 2.75) is 19.6 Å². The van der Waals surface area contributed by atoms with Gasteiger partial charge in [-0.3, -0.25) is 0 Å². The lowest BCUT2D eigenvalue weighted by Crippen LogP contribution is -2.14. The van der Waals surface area contributed by atoms with Crippen LogP contribution in [-0.4, -0.2) is 33.7 Å². The van der Waals surface area contributed by atoms with Gasteiger partial charge < -0.3 is 37.2 Å². The van der Waals surface area contributed by atoms with Gasteiger partial charge in [0.25, 0.3) is 0 Å². The van der Waals surface area contributed by atoms with E-state index in [-0.39, 0.29) is 43.1 Å². The summed E-state index contributed by atoms with van der Waals surface area (Å²) in [4.78, 5) is 8.64. The molecule has 24 nitrogen and oxygen atoms in total. The second kappa shape index (κ2) is 19.6. The van der Waals surface area contributed by atoms with Gasteiger partial charge in [-0.2, -0.15) is 33.7 Å². The summed E-state index contributed by atoms with van der Waals surface area (Å²) in [5.74, 6) is -6.82. The van der Waals surface area contributed by atoms with Crippen molar-refractivity contribution < 1.29 is 70.8 Å². The molecule has 0 fully saturated rings. The normalized spacial score (nSPS) is 11.8. The number of benzene rings is 10. The van der Waals surface area contributed by atoms with E-state index in [4.69, 9.17) is 16.7 Å². The van der Waals surface area contributed by atoms with Gasteiger partial charge in [0.2, 0.25) is 21.6 Å². The summed E-state index contributed by atoms with van der Waals surface area (Å²) in [5.41, 5.74) is -3.98. The molecule has 0 aromatic heterocycles. The van der Waals surface area contributed by atoms with Crippen molar-refractivity contribution in [2.75, 3.05) is 0 Å². The quantitative estimate of drug-likeness (QED) is 0.0766. The maximum Gasteiger partial charge on any atom is 0.379 e. The van der Waals surface area contributed by atoms with Gasteiger partial charge in [0.05, 0.1) is 24.3 Å². The zero-order chi connectivity index (χ0) is 57.1. The van der Waals surface area contributed by atoms with Gasteiger partial charge in [-0.05, 0) is 68.8 Å². The van der Waals surface area contributed by atoms with E-state index >= 15 is 0 Å². The molecule has 0 bridgehead atoms. The predicted octanol–water partition coefficient (Wildman–Crippen LogP) is 9.27. The zero-order valence-corrected chi connectivity index (χ0v) is 43.0. The average Bonchev–Trinajstić information content (AvgIpc) is 3.62. The molecule has 0 radical (unpaired) electrons. The number of fused-ring (bicyclic) bond motifs is 4. The monoisotopic (exact) mass is 1150 g/mol. The van der Waals surface area contributed by atoms with Crippen molar-refractivity contribution in [1.29, 1.82) is 21.6 Å². The van der Waals surface area contributed by atoms with E-state index in [1.807, 2.05) is 0 Å². The summed E-state index contributed by atoms with van der Waals surface area (Å²) in [6.45, 7) is 0.